The number of hydrogen-bond acceptors (Lipinski definition) is 4. The van der Waals surface area contributed by atoms with E-state index in [0.29, 0.717) is 18.0 Å². The van der Waals surface area contributed by atoms with Gasteiger partial charge in [-0.15, -0.1) is 5.92 Å². The monoisotopic (exact) mass is 301 g/mol. The Hall–Kier alpha value is -2.49. The van der Waals surface area contributed by atoms with Crippen molar-refractivity contribution in [1.29, 1.82) is 0 Å². The number of aromatic amines is 1. The van der Waals surface area contributed by atoms with Crippen molar-refractivity contribution in [2.45, 2.75) is 32.7 Å². The van der Waals surface area contributed by atoms with E-state index in [4.69, 9.17) is 0 Å². The second-order valence-corrected chi connectivity index (χ2v) is 5.47. The minimum Gasteiger partial charge on any atom is -0.342 e. The molecule has 0 saturated carbocycles. The van der Waals surface area contributed by atoms with Crippen LogP contribution in [0.3, 0.4) is 0 Å². The lowest BCUT2D eigenvalue weighted by atomic mass is 10.1. The fourth-order valence-electron chi connectivity index (χ4n) is 2.87. The highest BCUT2D eigenvalue weighted by Crippen LogP contribution is 2.21. The van der Waals surface area contributed by atoms with Gasteiger partial charge in [0.15, 0.2) is 5.52 Å². The molecular weight excluding hydrogens is 282 g/mol. The predicted octanol–water partition coefficient (Wildman–Crippen LogP) is 0.437. The molecule has 3 rings (SSSR count). The van der Waals surface area contributed by atoms with E-state index in [9.17, 15) is 9.59 Å². The van der Waals surface area contributed by atoms with Crippen LogP contribution in [0.2, 0.25) is 0 Å². The van der Waals surface area contributed by atoms with E-state index >= 15 is 0 Å². The zero-order chi connectivity index (χ0) is 15.7. The van der Waals surface area contributed by atoms with Crippen LogP contribution in [-0.4, -0.2) is 32.4 Å². The average molecular weight is 301 g/mol. The highest BCUT2D eigenvalue weighted by molar-refractivity contribution is 5.77. The Morgan fingerprint density at radius 3 is 2.64 bits per heavy atom. The van der Waals surface area contributed by atoms with E-state index in [1.54, 1.807) is 11.5 Å². The number of nitrogens with zero attached hydrogens (tertiary/aromatic N) is 4. The van der Waals surface area contributed by atoms with Gasteiger partial charge in [-0.1, -0.05) is 5.92 Å². The molecule has 3 heterocycles. The van der Waals surface area contributed by atoms with Crippen LogP contribution >= 0.6 is 0 Å². The molecule has 7 nitrogen and oxygen atoms in total. The molecule has 2 aromatic rings. The molecule has 1 aliphatic rings. The van der Waals surface area contributed by atoms with Crippen molar-refractivity contribution in [3.8, 4) is 11.8 Å². The summed E-state index contributed by atoms with van der Waals surface area (Å²) in [6.45, 7) is 3.89. The van der Waals surface area contributed by atoms with Gasteiger partial charge in [0.25, 0.3) is 11.1 Å². The lowest BCUT2D eigenvalue weighted by Crippen LogP contribution is -2.32. The van der Waals surface area contributed by atoms with Crippen molar-refractivity contribution < 1.29 is 0 Å². The zero-order valence-corrected chi connectivity index (χ0v) is 12.8. The van der Waals surface area contributed by atoms with Crippen LogP contribution in [-0.2, 0) is 13.6 Å². The van der Waals surface area contributed by atoms with Gasteiger partial charge < -0.3 is 4.90 Å². The van der Waals surface area contributed by atoms with Crippen LogP contribution in [0.1, 0.15) is 26.2 Å². The smallest absolute Gasteiger partial charge is 0.291 e. The van der Waals surface area contributed by atoms with Crippen molar-refractivity contribution in [2.24, 2.45) is 7.05 Å². The lowest BCUT2D eigenvalue weighted by Gasteiger charge is -2.27. The summed E-state index contributed by atoms with van der Waals surface area (Å²) in [5, 5.41) is 2.50. The number of aromatic nitrogens is 4. The predicted molar refractivity (Wildman–Crippen MR) is 85.1 cm³/mol. The van der Waals surface area contributed by atoms with Gasteiger partial charge in [-0.2, -0.15) is 0 Å². The second-order valence-electron chi connectivity index (χ2n) is 5.47. The number of fused-ring (bicyclic) bond motifs is 1. The Bertz CT molecular complexity index is 871. The Labute approximate surface area is 127 Å². The normalized spacial score (nSPS) is 14.9. The van der Waals surface area contributed by atoms with Crippen LogP contribution in [0.4, 0.5) is 5.95 Å². The number of anilines is 1. The second kappa shape index (κ2) is 5.72. The molecule has 22 heavy (non-hydrogen) atoms. The molecule has 0 amide bonds. The maximum absolute atomic E-state index is 12.4. The Kier molecular flexibility index (Phi) is 3.75. The number of piperidine rings is 1. The molecule has 1 saturated heterocycles. The quantitative estimate of drug-likeness (QED) is 0.817. The van der Waals surface area contributed by atoms with E-state index in [0.717, 1.165) is 25.9 Å². The van der Waals surface area contributed by atoms with E-state index in [1.165, 1.54) is 18.2 Å². The molecule has 116 valence electrons. The van der Waals surface area contributed by atoms with Crippen LogP contribution in [0.25, 0.3) is 11.0 Å². The van der Waals surface area contributed by atoms with E-state index in [1.807, 2.05) is 0 Å². The third-order valence-electron chi connectivity index (χ3n) is 3.99. The number of H-pyrrole nitrogens is 1. The number of nitrogens with one attached hydrogen (secondary N) is 1. The molecule has 0 aromatic carbocycles. The largest absolute Gasteiger partial charge is 0.342 e. The molecule has 1 N–H and O–H groups in total. The first kappa shape index (κ1) is 14.4. The maximum Gasteiger partial charge on any atom is 0.291 e. The highest BCUT2D eigenvalue weighted by Gasteiger charge is 2.22. The molecule has 0 atom stereocenters. The molecule has 0 radical (unpaired) electrons. The molecule has 0 unspecified atom stereocenters. The van der Waals surface area contributed by atoms with Gasteiger partial charge in [0.1, 0.15) is 5.52 Å². The first-order valence-electron chi connectivity index (χ1n) is 7.47. The fraction of sp³-hybridized carbons (Fsp3) is 0.533. The topological polar surface area (TPSA) is 75.9 Å². The average Bonchev–Trinajstić information content (AvgIpc) is 2.91. The van der Waals surface area contributed by atoms with Crippen LogP contribution in [0.5, 0.6) is 0 Å². The third kappa shape index (κ3) is 2.30. The summed E-state index contributed by atoms with van der Waals surface area (Å²) in [5.41, 5.74) is -0.0852. The van der Waals surface area contributed by atoms with E-state index in [2.05, 4.69) is 26.8 Å². The Balaban J connectivity index is 2.28. The summed E-state index contributed by atoms with van der Waals surface area (Å²) in [6.07, 6.45) is 3.39. The number of hydrogen-bond donors (Lipinski definition) is 1. The molecule has 0 spiro atoms. The molecule has 7 heteroatoms. The van der Waals surface area contributed by atoms with Gasteiger partial charge in [-0.25, -0.2) is 4.98 Å². The molecule has 1 aliphatic heterocycles. The summed E-state index contributed by atoms with van der Waals surface area (Å²) in [4.78, 5) is 31.1. The zero-order valence-electron chi connectivity index (χ0n) is 12.8. The van der Waals surface area contributed by atoms with Crippen molar-refractivity contribution in [2.75, 3.05) is 18.0 Å². The van der Waals surface area contributed by atoms with E-state index in [-0.39, 0.29) is 16.6 Å². The summed E-state index contributed by atoms with van der Waals surface area (Å²) in [5.74, 6) is 6.48. The lowest BCUT2D eigenvalue weighted by molar-refractivity contribution is 0.561. The van der Waals surface area contributed by atoms with Crippen molar-refractivity contribution in [3.05, 3.63) is 20.7 Å². The van der Waals surface area contributed by atoms with Crippen LogP contribution in [0, 0.1) is 11.8 Å². The number of imidazole rings is 1. The van der Waals surface area contributed by atoms with Crippen molar-refractivity contribution in [1.82, 2.24) is 19.3 Å². The fourth-order valence-corrected chi connectivity index (χ4v) is 2.87. The summed E-state index contributed by atoms with van der Waals surface area (Å²) >= 11 is 0. The van der Waals surface area contributed by atoms with Gasteiger partial charge >= 0.3 is 0 Å². The van der Waals surface area contributed by atoms with Crippen molar-refractivity contribution in [3.63, 3.8) is 0 Å². The minimum atomic E-state index is -0.349. The minimum absolute atomic E-state index is 0.196. The Morgan fingerprint density at radius 2 is 1.95 bits per heavy atom. The number of rotatable bonds is 2. The molecular formula is C15H19N5O2. The van der Waals surface area contributed by atoms with Gasteiger partial charge in [0, 0.05) is 20.1 Å². The highest BCUT2D eigenvalue weighted by atomic mass is 16.2. The third-order valence-corrected chi connectivity index (χ3v) is 3.99. The van der Waals surface area contributed by atoms with Crippen molar-refractivity contribution >= 4 is 17.0 Å². The summed E-state index contributed by atoms with van der Waals surface area (Å²) in [7, 11) is 1.53. The number of aryl methyl sites for hydroxylation is 1. The molecule has 1 fully saturated rings. The molecule has 0 bridgehead atoms. The first-order chi connectivity index (χ1) is 10.6. The summed E-state index contributed by atoms with van der Waals surface area (Å²) < 4.78 is 2.97. The van der Waals surface area contributed by atoms with Crippen LogP contribution in [0.15, 0.2) is 9.59 Å². The maximum atomic E-state index is 12.4. The van der Waals surface area contributed by atoms with Gasteiger partial charge in [-0.05, 0) is 26.2 Å². The SMILES string of the molecule is CC#CCn1c(N2CCCCC2)nc2c(=O)[nH]n(C)c(=O)c21. The first-order valence-corrected chi connectivity index (χ1v) is 7.47. The van der Waals surface area contributed by atoms with E-state index < -0.39 is 0 Å². The van der Waals surface area contributed by atoms with Crippen LogP contribution < -0.4 is 16.0 Å². The molecule has 2 aromatic heterocycles. The van der Waals surface area contributed by atoms with Gasteiger partial charge in [-0.3, -0.25) is 23.9 Å². The van der Waals surface area contributed by atoms with Gasteiger partial charge in [0.05, 0.1) is 6.54 Å². The molecule has 0 aliphatic carbocycles. The van der Waals surface area contributed by atoms with Gasteiger partial charge in [0.2, 0.25) is 5.95 Å². The summed E-state index contributed by atoms with van der Waals surface area (Å²) in [6, 6.07) is 0. The Morgan fingerprint density at radius 1 is 1.23 bits per heavy atom. The standard InChI is InChI=1S/C15H19N5O2/c1-3-4-10-20-12-11(13(21)17-18(2)14(12)22)16-15(20)19-8-6-5-7-9-19/h5-10H2,1-2H3,(H,17,21).